The highest BCUT2D eigenvalue weighted by atomic mass is 16.4. The number of carbonyl (C=O) groups is 2. The lowest BCUT2D eigenvalue weighted by Gasteiger charge is -2.11. The molecule has 0 saturated carbocycles. The molecule has 0 heterocycles. The van der Waals surface area contributed by atoms with Crippen molar-refractivity contribution in [3.63, 3.8) is 0 Å². The average molecular weight is 205 g/mol. The predicted octanol–water partition coefficient (Wildman–Crippen LogP) is -1.99. The molecule has 7 heteroatoms. The van der Waals surface area contributed by atoms with Crippen LogP contribution in [0.2, 0.25) is 0 Å². The third kappa shape index (κ3) is 5.46. The molecular formula is C7H15N3O4. The highest BCUT2D eigenvalue weighted by molar-refractivity contribution is 5.78. The minimum Gasteiger partial charge on any atom is -0.480 e. The molecule has 1 atom stereocenters. The summed E-state index contributed by atoms with van der Waals surface area (Å²) < 4.78 is 0. The maximum absolute atomic E-state index is 10.9. The maximum Gasteiger partial charge on any atom is 0.320 e. The van der Waals surface area contributed by atoms with E-state index in [4.69, 9.17) is 10.2 Å². The van der Waals surface area contributed by atoms with Crippen LogP contribution in [0.3, 0.4) is 0 Å². The lowest BCUT2D eigenvalue weighted by molar-refractivity contribution is -0.140. The van der Waals surface area contributed by atoms with Crippen LogP contribution in [0.1, 0.15) is 12.8 Å². The molecule has 0 aliphatic heterocycles. The van der Waals surface area contributed by atoms with Crippen LogP contribution in [0.5, 0.6) is 0 Å². The fourth-order valence-electron chi connectivity index (χ4n) is 0.900. The molecule has 0 radical (unpaired) electrons. The summed E-state index contributed by atoms with van der Waals surface area (Å²) in [6.45, 7) is -0.426. The number of carbonyl (C=O) groups excluding carboxylic acids is 1. The summed E-state index contributed by atoms with van der Waals surface area (Å²) in [5, 5.41) is 19.4. The number of carboxylic acid groups (broad SMARTS) is 1. The molecule has 0 aromatic heterocycles. The number of hydrazine groups is 1. The number of nitrogens with one attached hydrogen (secondary N) is 3. The Morgan fingerprint density at radius 1 is 1.43 bits per heavy atom. The minimum absolute atomic E-state index is 0.0742. The van der Waals surface area contributed by atoms with Crippen LogP contribution < -0.4 is 16.2 Å². The van der Waals surface area contributed by atoms with Crippen molar-refractivity contribution in [3.05, 3.63) is 0 Å². The summed E-state index contributed by atoms with van der Waals surface area (Å²) >= 11 is 0. The van der Waals surface area contributed by atoms with E-state index >= 15 is 0 Å². The normalized spacial score (nSPS) is 12.1. The van der Waals surface area contributed by atoms with Gasteiger partial charge in [-0.15, -0.1) is 0 Å². The molecule has 0 aromatic rings. The van der Waals surface area contributed by atoms with Gasteiger partial charge in [0.15, 0.2) is 0 Å². The van der Waals surface area contributed by atoms with Crippen molar-refractivity contribution in [2.75, 3.05) is 13.8 Å². The van der Waals surface area contributed by atoms with Gasteiger partial charge in [-0.1, -0.05) is 0 Å². The molecule has 7 nitrogen and oxygen atoms in total. The fourth-order valence-corrected chi connectivity index (χ4v) is 0.900. The van der Waals surface area contributed by atoms with Gasteiger partial charge in [0, 0.05) is 13.5 Å². The molecule has 82 valence electrons. The predicted molar refractivity (Wildman–Crippen MR) is 48.1 cm³/mol. The Balaban J connectivity index is 3.81. The number of hydrogen-bond acceptors (Lipinski definition) is 5. The lowest BCUT2D eigenvalue weighted by atomic mass is 10.1. The van der Waals surface area contributed by atoms with Gasteiger partial charge < -0.3 is 10.2 Å². The van der Waals surface area contributed by atoms with E-state index in [2.05, 4.69) is 16.2 Å². The van der Waals surface area contributed by atoms with Gasteiger partial charge in [0.25, 0.3) is 0 Å². The molecule has 0 rings (SSSR count). The monoisotopic (exact) mass is 205 g/mol. The molecule has 0 saturated heterocycles. The van der Waals surface area contributed by atoms with Gasteiger partial charge in [-0.3, -0.25) is 20.3 Å². The molecule has 0 aliphatic carbocycles. The molecule has 0 aliphatic rings. The van der Waals surface area contributed by atoms with Crippen molar-refractivity contribution < 1.29 is 19.8 Å². The molecule has 0 fully saturated rings. The molecule has 14 heavy (non-hydrogen) atoms. The van der Waals surface area contributed by atoms with E-state index < -0.39 is 18.7 Å². The van der Waals surface area contributed by atoms with Gasteiger partial charge >= 0.3 is 5.97 Å². The summed E-state index contributed by atoms with van der Waals surface area (Å²) in [6, 6.07) is -0.900. The van der Waals surface area contributed by atoms with Crippen molar-refractivity contribution in [1.29, 1.82) is 0 Å². The zero-order chi connectivity index (χ0) is 11.0. The van der Waals surface area contributed by atoms with Gasteiger partial charge in [0.1, 0.15) is 6.04 Å². The Morgan fingerprint density at radius 3 is 2.50 bits per heavy atom. The minimum atomic E-state index is -1.09. The van der Waals surface area contributed by atoms with E-state index in [1.54, 1.807) is 7.05 Å². The number of aliphatic carboxylic acids is 1. The summed E-state index contributed by atoms with van der Waals surface area (Å²) in [5.74, 6) is -1.38. The molecule has 5 N–H and O–H groups in total. The van der Waals surface area contributed by atoms with Crippen molar-refractivity contribution in [1.82, 2.24) is 16.2 Å². The van der Waals surface area contributed by atoms with Crippen LogP contribution in [0, 0.1) is 0 Å². The van der Waals surface area contributed by atoms with Crippen LogP contribution in [-0.2, 0) is 9.59 Å². The van der Waals surface area contributed by atoms with E-state index in [0.717, 1.165) is 0 Å². The van der Waals surface area contributed by atoms with Crippen molar-refractivity contribution in [2.24, 2.45) is 0 Å². The van der Waals surface area contributed by atoms with Crippen LogP contribution in [0.4, 0.5) is 0 Å². The summed E-state index contributed by atoms with van der Waals surface area (Å²) in [4.78, 5) is 21.5. The number of carboxylic acids is 1. The first-order valence-electron chi connectivity index (χ1n) is 4.14. The van der Waals surface area contributed by atoms with E-state index in [1.165, 1.54) is 0 Å². The zero-order valence-electron chi connectivity index (χ0n) is 7.91. The smallest absolute Gasteiger partial charge is 0.320 e. The highest BCUT2D eigenvalue weighted by Gasteiger charge is 2.17. The Hall–Kier alpha value is -1.18. The summed E-state index contributed by atoms with van der Waals surface area (Å²) in [7, 11) is 1.54. The second-order valence-corrected chi connectivity index (χ2v) is 2.59. The Bertz CT molecular complexity index is 197. The Labute approximate surface area is 81.5 Å². The zero-order valence-corrected chi connectivity index (χ0v) is 7.91. The van der Waals surface area contributed by atoms with E-state index in [9.17, 15) is 9.59 Å². The van der Waals surface area contributed by atoms with Gasteiger partial charge in [-0.25, -0.2) is 5.43 Å². The highest BCUT2D eigenvalue weighted by Crippen LogP contribution is 1.96. The number of hydrogen-bond donors (Lipinski definition) is 5. The Kier molecular flexibility index (Phi) is 6.63. The van der Waals surface area contributed by atoms with Crippen molar-refractivity contribution in [3.8, 4) is 0 Å². The third-order valence-corrected chi connectivity index (χ3v) is 1.56. The van der Waals surface area contributed by atoms with E-state index in [-0.39, 0.29) is 18.7 Å². The molecule has 1 amide bonds. The van der Waals surface area contributed by atoms with Crippen LogP contribution in [-0.4, -0.2) is 41.9 Å². The largest absolute Gasteiger partial charge is 0.480 e. The van der Waals surface area contributed by atoms with Gasteiger partial charge in [0.2, 0.25) is 5.91 Å². The molecule has 0 spiro atoms. The third-order valence-electron chi connectivity index (χ3n) is 1.56. The van der Waals surface area contributed by atoms with E-state index in [1.807, 2.05) is 0 Å². The SMILES string of the molecule is CNNC(=O)CC[C@H](NCO)C(=O)O. The molecule has 0 aromatic carbocycles. The second kappa shape index (κ2) is 7.25. The van der Waals surface area contributed by atoms with Crippen LogP contribution >= 0.6 is 0 Å². The number of amides is 1. The first-order chi connectivity index (χ1) is 6.61. The molecule has 0 bridgehead atoms. The quantitative estimate of drug-likeness (QED) is 0.243. The lowest BCUT2D eigenvalue weighted by Crippen LogP contribution is -2.40. The first-order valence-corrected chi connectivity index (χ1v) is 4.14. The standard InChI is InChI=1S/C7H15N3O4/c1-8-10-6(12)3-2-5(7(13)14)9-4-11/h5,8-9,11H,2-4H2,1H3,(H,10,12)(H,13,14)/t5-/m0/s1. The second-order valence-electron chi connectivity index (χ2n) is 2.59. The van der Waals surface area contributed by atoms with E-state index in [0.29, 0.717) is 0 Å². The Morgan fingerprint density at radius 2 is 2.07 bits per heavy atom. The topological polar surface area (TPSA) is 111 Å². The van der Waals surface area contributed by atoms with Crippen molar-refractivity contribution in [2.45, 2.75) is 18.9 Å². The fraction of sp³-hybridized carbons (Fsp3) is 0.714. The average Bonchev–Trinajstić information content (AvgIpc) is 2.12. The van der Waals surface area contributed by atoms with Crippen LogP contribution in [0.15, 0.2) is 0 Å². The maximum atomic E-state index is 10.9. The van der Waals surface area contributed by atoms with Gasteiger partial charge in [0.05, 0.1) is 6.73 Å². The molecule has 0 unspecified atom stereocenters. The van der Waals surface area contributed by atoms with Gasteiger partial charge in [-0.05, 0) is 6.42 Å². The summed E-state index contributed by atoms with van der Waals surface area (Å²) in [5.41, 5.74) is 4.75. The number of rotatable bonds is 7. The van der Waals surface area contributed by atoms with Crippen molar-refractivity contribution >= 4 is 11.9 Å². The van der Waals surface area contributed by atoms with Crippen LogP contribution in [0.25, 0.3) is 0 Å². The molecular weight excluding hydrogens is 190 g/mol. The summed E-state index contributed by atoms with van der Waals surface area (Å²) in [6.07, 6.45) is 0.203. The number of aliphatic hydroxyl groups excluding tert-OH is 1. The first kappa shape index (κ1) is 12.8. The van der Waals surface area contributed by atoms with Gasteiger partial charge in [-0.2, -0.15) is 0 Å². The number of aliphatic hydroxyl groups is 1.